The van der Waals surface area contributed by atoms with E-state index in [0.29, 0.717) is 5.69 Å². The van der Waals surface area contributed by atoms with Gasteiger partial charge in [0.25, 0.3) is 0 Å². The molecule has 1 aromatic carbocycles. The van der Waals surface area contributed by atoms with E-state index in [-0.39, 0.29) is 5.41 Å². The average molecular weight is 210 g/mol. The van der Waals surface area contributed by atoms with Crippen molar-refractivity contribution in [3.63, 3.8) is 0 Å². The molecule has 0 saturated carbocycles. The van der Waals surface area contributed by atoms with Crippen molar-refractivity contribution < 1.29 is 0 Å². The third-order valence-electron chi connectivity index (χ3n) is 2.74. The Hall–Kier alpha value is -1.88. The molecule has 0 aliphatic heterocycles. The van der Waals surface area contributed by atoms with Crippen LogP contribution in [0.3, 0.4) is 0 Å². The van der Waals surface area contributed by atoms with E-state index >= 15 is 0 Å². The first kappa shape index (κ1) is 10.6. The second kappa shape index (κ2) is 3.61. The zero-order valence-electron chi connectivity index (χ0n) is 9.78. The van der Waals surface area contributed by atoms with Crippen molar-refractivity contribution in [2.45, 2.75) is 26.2 Å². The van der Waals surface area contributed by atoms with E-state index in [4.69, 9.17) is 5.26 Å². The lowest BCUT2D eigenvalue weighted by molar-refractivity contribution is 0.591. The van der Waals surface area contributed by atoms with Crippen molar-refractivity contribution in [2.24, 2.45) is 0 Å². The number of hydrogen-bond acceptors (Lipinski definition) is 2. The zero-order valence-corrected chi connectivity index (χ0v) is 9.78. The van der Waals surface area contributed by atoms with E-state index in [0.717, 1.165) is 10.8 Å². The van der Waals surface area contributed by atoms with Crippen LogP contribution in [0.5, 0.6) is 0 Å². The Kier molecular flexibility index (Phi) is 2.40. The van der Waals surface area contributed by atoms with Gasteiger partial charge < -0.3 is 0 Å². The molecular formula is C14H14N2. The molecule has 1 heterocycles. The predicted octanol–water partition coefficient (Wildman–Crippen LogP) is 3.40. The van der Waals surface area contributed by atoms with Crippen LogP contribution in [0, 0.1) is 11.3 Å². The van der Waals surface area contributed by atoms with E-state index in [1.165, 1.54) is 5.56 Å². The summed E-state index contributed by atoms with van der Waals surface area (Å²) in [5, 5.41) is 11.0. The van der Waals surface area contributed by atoms with Crippen LogP contribution < -0.4 is 0 Å². The topological polar surface area (TPSA) is 36.7 Å². The number of aromatic nitrogens is 1. The SMILES string of the molecule is CC(C)(C)c1ccc2ccnc(C#N)c2c1. The summed E-state index contributed by atoms with van der Waals surface area (Å²) in [6, 6.07) is 10.3. The van der Waals surface area contributed by atoms with Gasteiger partial charge in [0.15, 0.2) is 0 Å². The molecule has 2 heteroatoms. The summed E-state index contributed by atoms with van der Waals surface area (Å²) in [7, 11) is 0. The lowest BCUT2D eigenvalue weighted by Gasteiger charge is -2.19. The fraction of sp³-hybridized carbons (Fsp3) is 0.286. The second-order valence-corrected chi connectivity index (χ2v) is 4.96. The van der Waals surface area contributed by atoms with Crippen molar-refractivity contribution in [3.8, 4) is 6.07 Å². The van der Waals surface area contributed by atoms with Crippen molar-refractivity contribution in [2.75, 3.05) is 0 Å². The Morgan fingerprint density at radius 2 is 1.94 bits per heavy atom. The first-order valence-corrected chi connectivity index (χ1v) is 5.32. The van der Waals surface area contributed by atoms with Gasteiger partial charge in [-0.2, -0.15) is 5.26 Å². The maximum atomic E-state index is 9.02. The smallest absolute Gasteiger partial charge is 0.148 e. The van der Waals surface area contributed by atoms with E-state index in [1.54, 1.807) is 6.20 Å². The quantitative estimate of drug-likeness (QED) is 0.668. The summed E-state index contributed by atoms with van der Waals surface area (Å²) >= 11 is 0. The number of nitrogens with zero attached hydrogens (tertiary/aromatic N) is 2. The molecule has 0 unspecified atom stereocenters. The van der Waals surface area contributed by atoms with Crippen LogP contribution in [0.1, 0.15) is 32.0 Å². The number of hydrogen-bond donors (Lipinski definition) is 0. The van der Waals surface area contributed by atoms with Crippen LogP contribution in [-0.4, -0.2) is 4.98 Å². The van der Waals surface area contributed by atoms with Gasteiger partial charge in [-0.3, -0.25) is 0 Å². The lowest BCUT2D eigenvalue weighted by Crippen LogP contribution is -2.10. The number of fused-ring (bicyclic) bond motifs is 1. The van der Waals surface area contributed by atoms with Gasteiger partial charge in [-0.05, 0) is 28.5 Å². The minimum Gasteiger partial charge on any atom is -0.245 e. The Bertz CT molecular complexity index is 571. The van der Waals surface area contributed by atoms with Crippen LogP contribution in [0.2, 0.25) is 0 Å². The molecule has 2 aromatic rings. The Balaban J connectivity index is 2.75. The molecule has 0 saturated heterocycles. The van der Waals surface area contributed by atoms with Gasteiger partial charge in [-0.25, -0.2) is 4.98 Å². The fourth-order valence-corrected chi connectivity index (χ4v) is 1.72. The van der Waals surface area contributed by atoms with E-state index in [9.17, 15) is 0 Å². The highest BCUT2D eigenvalue weighted by atomic mass is 14.7. The molecule has 0 radical (unpaired) electrons. The Labute approximate surface area is 95.6 Å². The van der Waals surface area contributed by atoms with Crippen molar-refractivity contribution in [3.05, 3.63) is 41.7 Å². The molecule has 2 rings (SSSR count). The highest BCUT2D eigenvalue weighted by Crippen LogP contribution is 2.26. The van der Waals surface area contributed by atoms with Crippen molar-refractivity contribution in [1.82, 2.24) is 4.98 Å². The molecule has 1 aromatic heterocycles. The molecule has 0 spiro atoms. The Morgan fingerprint density at radius 3 is 2.56 bits per heavy atom. The summed E-state index contributed by atoms with van der Waals surface area (Å²) in [6.45, 7) is 6.49. The van der Waals surface area contributed by atoms with E-state index in [1.807, 2.05) is 6.07 Å². The predicted molar refractivity (Wildman–Crippen MR) is 65.2 cm³/mol. The van der Waals surface area contributed by atoms with Crippen molar-refractivity contribution >= 4 is 10.8 Å². The van der Waals surface area contributed by atoms with Crippen LogP contribution >= 0.6 is 0 Å². The number of benzene rings is 1. The lowest BCUT2D eigenvalue weighted by atomic mass is 9.86. The normalized spacial score (nSPS) is 11.4. The van der Waals surface area contributed by atoms with Crippen LogP contribution in [0.4, 0.5) is 0 Å². The molecule has 2 nitrogen and oxygen atoms in total. The summed E-state index contributed by atoms with van der Waals surface area (Å²) in [5.41, 5.74) is 1.82. The van der Waals surface area contributed by atoms with Crippen LogP contribution in [0.25, 0.3) is 10.8 Å². The van der Waals surface area contributed by atoms with Gasteiger partial charge >= 0.3 is 0 Å². The first-order chi connectivity index (χ1) is 7.52. The summed E-state index contributed by atoms with van der Waals surface area (Å²) in [4.78, 5) is 4.09. The molecule has 0 aliphatic rings. The monoisotopic (exact) mass is 210 g/mol. The summed E-state index contributed by atoms with van der Waals surface area (Å²) in [6.07, 6.45) is 1.68. The number of nitriles is 1. The molecule has 0 N–H and O–H groups in total. The summed E-state index contributed by atoms with van der Waals surface area (Å²) in [5.74, 6) is 0. The molecule has 0 atom stereocenters. The minimum atomic E-state index is 0.0940. The third-order valence-corrected chi connectivity index (χ3v) is 2.74. The molecular weight excluding hydrogens is 196 g/mol. The largest absolute Gasteiger partial charge is 0.245 e. The van der Waals surface area contributed by atoms with Gasteiger partial charge in [-0.15, -0.1) is 0 Å². The van der Waals surface area contributed by atoms with Crippen molar-refractivity contribution in [1.29, 1.82) is 5.26 Å². The maximum Gasteiger partial charge on any atom is 0.148 e. The molecule has 0 amide bonds. The molecule has 80 valence electrons. The molecule has 0 bridgehead atoms. The summed E-state index contributed by atoms with van der Waals surface area (Å²) < 4.78 is 0. The Morgan fingerprint density at radius 1 is 1.19 bits per heavy atom. The van der Waals surface area contributed by atoms with E-state index < -0.39 is 0 Å². The second-order valence-electron chi connectivity index (χ2n) is 4.96. The maximum absolute atomic E-state index is 9.02. The van der Waals surface area contributed by atoms with Crippen LogP contribution in [-0.2, 0) is 5.41 Å². The van der Waals surface area contributed by atoms with Gasteiger partial charge in [0.2, 0.25) is 0 Å². The zero-order chi connectivity index (χ0) is 11.8. The van der Waals surface area contributed by atoms with Gasteiger partial charge in [0, 0.05) is 11.6 Å². The molecule has 0 aliphatic carbocycles. The van der Waals surface area contributed by atoms with Gasteiger partial charge in [0.1, 0.15) is 11.8 Å². The van der Waals surface area contributed by atoms with Crippen LogP contribution in [0.15, 0.2) is 30.5 Å². The number of rotatable bonds is 0. The average Bonchev–Trinajstić information content (AvgIpc) is 2.26. The fourth-order valence-electron chi connectivity index (χ4n) is 1.72. The highest BCUT2D eigenvalue weighted by Gasteiger charge is 2.14. The van der Waals surface area contributed by atoms with Gasteiger partial charge in [-0.1, -0.05) is 32.9 Å². The standard InChI is InChI=1S/C14H14N2/c1-14(2,3)11-5-4-10-6-7-16-13(9-15)12(10)8-11/h4-8H,1-3H3. The molecule has 16 heavy (non-hydrogen) atoms. The minimum absolute atomic E-state index is 0.0940. The highest BCUT2D eigenvalue weighted by molar-refractivity contribution is 5.87. The van der Waals surface area contributed by atoms with Gasteiger partial charge in [0.05, 0.1) is 0 Å². The molecule has 0 fully saturated rings. The van der Waals surface area contributed by atoms with E-state index in [2.05, 4.69) is 50.0 Å². The third kappa shape index (κ3) is 1.77. The number of pyridine rings is 1. The first-order valence-electron chi connectivity index (χ1n) is 5.32.